The van der Waals surface area contributed by atoms with Gasteiger partial charge in [-0.3, -0.25) is 9.97 Å². The van der Waals surface area contributed by atoms with Gasteiger partial charge < -0.3 is 0 Å². The molecule has 0 aliphatic carbocycles. The van der Waals surface area contributed by atoms with Crippen LogP contribution in [0.3, 0.4) is 0 Å². The van der Waals surface area contributed by atoms with Gasteiger partial charge in [-0.25, -0.2) is 4.68 Å². The van der Waals surface area contributed by atoms with E-state index in [0.717, 1.165) is 39.8 Å². The van der Waals surface area contributed by atoms with Crippen LogP contribution in [0.4, 0.5) is 0 Å². The van der Waals surface area contributed by atoms with Gasteiger partial charge in [0.25, 0.3) is 0 Å². The van der Waals surface area contributed by atoms with Crippen LogP contribution in [-0.4, -0.2) is 34.7 Å². The van der Waals surface area contributed by atoms with Crippen LogP contribution >= 0.6 is 0 Å². The zero-order valence-corrected chi connectivity index (χ0v) is 15.0. The van der Waals surface area contributed by atoms with Crippen LogP contribution in [0.2, 0.25) is 0 Å². The predicted octanol–water partition coefficient (Wildman–Crippen LogP) is 2.76. The molecule has 4 aromatic rings. The van der Waals surface area contributed by atoms with Crippen molar-refractivity contribution in [3.05, 3.63) is 77.4 Å². The van der Waals surface area contributed by atoms with Crippen LogP contribution in [0.15, 0.2) is 48.9 Å². The third-order valence-electron chi connectivity index (χ3n) is 4.20. The number of rotatable bonds is 4. The van der Waals surface area contributed by atoms with Crippen LogP contribution in [0.1, 0.15) is 28.5 Å². The minimum atomic E-state index is 0.666. The maximum absolute atomic E-state index is 4.68. The lowest BCUT2D eigenvalue weighted by Crippen LogP contribution is -2.05. The van der Waals surface area contributed by atoms with Crippen LogP contribution in [-0.2, 0) is 6.42 Å². The largest absolute Gasteiger partial charge is 0.256 e. The first-order valence-electron chi connectivity index (χ1n) is 8.42. The number of aryl methyl sites for hydroxylation is 3. The average molecular weight is 345 g/mol. The summed E-state index contributed by atoms with van der Waals surface area (Å²) in [7, 11) is 0. The van der Waals surface area contributed by atoms with Crippen molar-refractivity contribution in [3.63, 3.8) is 0 Å². The first kappa shape index (κ1) is 16.1. The standard InChI is InChI=1S/C19H19N7/c1-13-4-6-18(14(2)22-13)25-11-8-17(24-25)12-16-5-7-19(15(3)23-16)26-20-9-10-21-26/h4-11H,12H2,1-3H3. The van der Waals surface area contributed by atoms with Gasteiger partial charge in [0.15, 0.2) is 0 Å². The van der Waals surface area contributed by atoms with E-state index in [1.165, 1.54) is 0 Å². The molecule has 4 heterocycles. The summed E-state index contributed by atoms with van der Waals surface area (Å²) >= 11 is 0. The fourth-order valence-corrected chi connectivity index (χ4v) is 2.95. The summed E-state index contributed by atoms with van der Waals surface area (Å²) in [6, 6.07) is 10.0. The maximum Gasteiger partial charge on any atom is 0.107 e. The van der Waals surface area contributed by atoms with Crippen LogP contribution in [0.25, 0.3) is 11.4 Å². The molecule has 0 N–H and O–H groups in total. The summed E-state index contributed by atoms with van der Waals surface area (Å²) in [5.74, 6) is 0. The fraction of sp³-hybridized carbons (Fsp3) is 0.211. The monoisotopic (exact) mass is 345 g/mol. The molecule has 7 heteroatoms. The van der Waals surface area contributed by atoms with E-state index >= 15 is 0 Å². The summed E-state index contributed by atoms with van der Waals surface area (Å²) in [6.45, 7) is 5.94. The molecule has 130 valence electrons. The lowest BCUT2D eigenvalue weighted by atomic mass is 10.2. The zero-order valence-electron chi connectivity index (χ0n) is 15.0. The predicted molar refractivity (Wildman–Crippen MR) is 97.5 cm³/mol. The Balaban J connectivity index is 1.57. The molecule has 0 spiro atoms. The Kier molecular flexibility index (Phi) is 4.04. The van der Waals surface area contributed by atoms with Gasteiger partial charge in [0.05, 0.1) is 35.2 Å². The van der Waals surface area contributed by atoms with Crippen molar-refractivity contribution >= 4 is 0 Å². The van der Waals surface area contributed by atoms with E-state index in [9.17, 15) is 0 Å². The van der Waals surface area contributed by atoms with E-state index in [1.54, 1.807) is 17.2 Å². The van der Waals surface area contributed by atoms with Gasteiger partial charge in [0, 0.05) is 24.0 Å². The first-order chi connectivity index (χ1) is 12.6. The highest BCUT2D eigenvalue weighted by atomic mass is 15.5. The summed E-state index contributed by atoms with van der Waals surface area (Å²) in [5.41, 5.74) is 6.65. The molecule has 0 atom stereocenters. The number of aromatic nitrogens is 7. The van der Waals surface area contributed by atoms with E-state index in [0.29, 0.717) is 6.42 Å². The Morgan fingerprint density at radius 2 is 1.50 bits per heavy atom. The van der Waals surface area contributed by atoms with Crippen LogP contribution in [0, 0.1) is 20.8 Å². The number of nitrogens with zero attached hydrogens (tertiary/aromatic N) is 7. The van der Waals surface area contributed by atoms with Crippen molar-refractivity contribution in [2.24, 2.45) is 0 Å². The molecule has 0 saturated carbocycles. The summed E-state index contributed by atoms with van der Waals surface area (Å²) < 4.78 is 1.87. The number of hydrogen-bond donors (Lipinski definition) is 0. The molecular formula is C19H19N7. The molecule has 0 amide bonds. The summed E-state index contributed by atoms with van der Waals surface area (Å²) in [5, 5.41) is 13.0. The highest BCUT2D eigenvalue weighted by Gasteiger charge is 2.09. The van der Waals surface area contributed by atoms with E-state index in [2.05, 4.69) is 25.3 Å². The van der Waals surface area contributed by atoms with E-state index in [4.69, 9.17) is 0 Å². The molecule has 0 aliphatic heterocycles. The van der Waals surface area contributed by atoms with Gasteiger partial charge in [-0.05, 0) is 51.1 Å². The molecule has 0 saturated heterocycles. The lowest BCUT2D eigenvalue weighted by Gasteiger charge is -2.07. The van der Waals surface area contributed by atoms with Crippen molar-refractivity contribution < 1.29 is 0 Å². The van der Waals surface area contributed by atoms with Crippen LogP contribution < -0.4 is 0 Å². The van der Waals surface area contributed by atoms with Gasteiger partial charge in [0.1, 0.15) is 5.69 Å². The third-order valence-corrected chi connectivity index (χ3v) is 4.20. The van der Waals surface area contributed by atoms with Crippen molar-refractivity contribution in [1.82, 2.24) is 34.7 Å². The van der Waals surface area contributed by atoms with Crippen LogP contribution in [0.5, 0.6) is 0 Å². The van der Waals surface area contributed by atoms with E-state index in [1.807, 2.05) is 62.0 Å². The molecule has 0 aromatic carbocycles. The molecular weight excluding hydrogens is 326 g/mol. The summed E-state index contributed by atoms with van der Waals surface area (Å²) in [4.78, 5) is 10.8. The average Bonchev–Trinajstić information content (AvgIpc) is 3.27. The maximum atomic E-state index is 4.68. The molecule has 0 fully saturated rings. The SMILES string of the molecule is Cc1ccc(-n2ccc(Cc3ccc(-n4nccn4)c(C)n3)n2)c(C)n1. The van der Waals surface area contributed by atoms with Gasteiger partial charge in [-0.15, -0.1) is 4.80 Å². The zero-order chi connectivity index (χ0) is 18.1. The van der Waals surface area contributed by atoms with Crippen molar-refractivity contribution in [2.45, 2.75) is 27.2 Å². The number of hydrogen-bond acceptors (Lipinski definition) is 5. The molecule has 7 nitrogen and oxygen atoms in total. The number of pyridine rings is 2. The quantitative estimate of drug-likeness (QED) is 0.568. The van der Waals surface area contributed by atoms with Gasteiger partial charge in [-0.2, -0.15) is 15.3 Å². The van der Waals surface area contributed by atoms with E-state index < -0.39 is 0 Å². The minimum Gasteiger partial charge on any atom is -0.256 e. The Morgan fingerprint density at radius 1 is 0.769 bits per heavy atom. The Bertz CT molecular complexity index is 1050. The van der Waals surface area contributed by atoms with Gasteiger partial charge >= 0.3 is 0 Å². The van der Waals surface area contributed by atoms with Crippen molar-refractivity contribution in [3.8, 4) is 11.4 Å². The summed E-state index contributed by atoms with van der Waals surface area (Å²) in [6.07, 6.45) is 5.94. The molecule has 26 heavy (non-hydrogen) atoms. The molecule has 0 bridgehead atoms. The minimum absolute atomic E-state index is 0.666. The normalized spacial score (nSPS) is 11.0. The molecule has 4 aromatic heterocycles. The lowest BCUT2D eigenvalue weighted by molar-refractivity contribution is 0.739. The molecule has 0 aliphatic rings. The second-order valence-electron chi connectivity index (χ2n) is 6.21. The Hall–Kier alpha value is -3.35. The fourth-order valence-electron chi connectivity index (χ4n) is 2.95. The Morgan fingerprint density at radius 3 is 2.23 bits per heavy atom. The molecule has 4 rings (SSSR count). The van der Waals surface area contributed by atoms with E-state index in [-0.39, 0.29) is 0 Å². The molecule has 0 radical (unpaired) electrons. The highest BCUT2D eigenvalue weighted by Crippen LogP contribution is 2.15. The molecule has 0 unspecified atom stereocenters. The highest BCUT2D eigenvalue weighted by molar-refractivity contribution is 5.37. The second-order valence-corrected chi connectivity index (χ2v) is 6.21. The second kappa shape index (κ2) is 6.51. The van der Waals surface area contributed by atoms with Crippen molar-refractivity contribution in [2.75, 3.05) is 0 Å². The van der Waals surface area contributed by atoms with Crippen molar-refractivity contribution in [1.29, 1.82) is 0 Å². The smallest absolute Gasteiger partial charge is 0.107 e. The van der Waals surface area contributed by atoms with Gasteiger partial charge in [0.2, 0.25) is 0 Å². The topological polar surface area (TPSA) is 74.3 Å². The third kappa shape index (κ3) is 3.11. The van der Waals surface area contributed by atoms with Gasteiger partial charge in [-0.1, -0.05) is 0 Å². The Labute approximate surface area is 151 Å². The first-order valence-corrected chi connectivity index (χ1v) is 8.42.